The lowest BCUT2D eigenvalue weighted by Gasteiger charge is -2.10. The number of hydrogen-bond donors (Lipinski definition) is 0. The van der Waals surface area contributed by atoms with Crippen LogP contribution in [0, 0.1) is 6.26 Å². The highest BCUT2D eigenvalue weighted by Crippen LogP contribution is 2.31. The van der Waals surface area contributed by atoms with Crippen molar-refractivity contribution in [3.05, 3.63) is 35.8 Å². The van der Waals surface area contributed by atoms with Gasteiger partial charge in [-0.2, -0.15) is 13.2 Å². The molecule has 0 saturated carbocycles. The lowest BCUT2D eigenvalue weighted by Crippen LogP contribution is -2.11. The highest BCUT2D eigenvalue weighted by atomic mass is 32.2. The molecule has 0 saturated heterocycles. The van der Waals surface area contributed by atoms with Gasteiger partial charge in [-0.05, 0) is 11.6 Å². The Labute approximate surface area is 84.9 Å². The number of rotatable bonds is 2. The van der Waals surface area contributed by atoms with E-state index in [9.17, 15) is 21.6 Å². The quantitative estimate of drug-likeness (QED) is 0.789. The molecule has 0 aliphatic carbocycles. The fourth-order valence-corrected chi connectivity index (χ4v) is 1.77. The van der Waals surface area contributed by atoms with Crippen LogP contribution in [0.1, 0.15) is 11.1 Å². The Morgan fingerprint density at radius 1 is 1.40 bits per heavy atom. The fraction of sp³-hybridized carbons (Fsp3) is 0.250. The number of nitrogens with zero attached hydrogens (tertiary/aromatic N) is 1. The van der Waals surface area contributed by atoms with Gasteiger partial charge in [0.15, 0.2) is 9.84 Å². The van der Waals surface area contributed by atoms with E-state index in [2.05, 4.69) is 11.2 Å². The second-order valence-electron chi connectivity index (χ2n) is 2.92. The van der Waals surface area contributed by atoms with E-state index in [-0.39, 0.29) is 5.56 Å². The fourth-order valence-electron chi connectivity index (χ4n) is 1.04. The minimum absolute atomic E-state index is 0.340. The molecule has 0 bridgehead atoms. The van der Waals surface area contributed by atoms with E-state index in [1.54, 1.807) is 0 Å². The molecule has 1 rings (SSSR count). The van der Waals surface area contributed by atoms with Crippen molar-refractivity contribution in [2.24, 2.45) is 0 Å². The van der Waals surface area contributed by atoms with Gasteiger partial charge in [0.25, 0.3) is 0 Å². The number of halogens is 3. The number of pyridine rings is 1. The van der Waals surface area contributed by atoms with Crippen LogP contribution in [-0.4, -0.2) is 13.4 Å². The van der Waals surface area contributed by atoms with Gasteiger partial charge in [0.1, 0.15) is 0 Å². The molecule has 3 nitrogen and oxygen atoms in total. The van der Waals surface area contributed by atoms with Crippen molar-refractivity contribution in [2.75, 3.05) is 0 Å². The Morgan fingerprint density at radius 3 is 2.47 bits per heavy atom. The summed E-state index contributed by atoms with van der Waals surface area (Å²) in [5, 5.41) is 0. The Morgan fingerprint density at radius 2 is 2.00 bits per heavy atom. The third kappa shape index (κ3) is 3.50. The van der Waals surface area contributed by atoms with E-state index >= 15 is 0 Å². The predicted molar refractivity (Wildman–Crippen MR) is 47.2 cm³/mol. The summed E-state index contributed by atoms with van der Waals surface area (Å²) in [7, 11) is -3.74. The third-order valence-electron chi connectivity index (χ3n) is 1.59. The lowest BCUT2D eigenvalue weighted by molar-refractivity contribution is -0.138. The summed E-state index contributed by atoms with van der Waals surface area (Å²) < 4.78 is 58.7. The van der Waals surface area contributed by atoms with Crippen molar-refractivity contribution in [3.8, 4) is 0 Å². The van der Waals surface area contributed by atoms with E-state index in [0.29, 0.717) is 6.20 Å². The molecule has 0 aromatic carbocycles. The Balaban J connectivity index is 3.19. The third-order valence-corrected chi connectivity index (χ3v) is 2.34. The molecule has 7 heteroatoms. The average molecular weight is 238 g/mol. The Hall–Kier alpha value is -1.11. The van der Waals surface area contributed by atoms with Crippen LogP contribution in [0.4, 0.5) is 13.2 Å². The van der Waals surface area contributed by atoms with Gasteiger partial charge in [-0.1, -0.05) is 0 Å². The van der Waals surface area contributed by atoms with E-state index < -0.39 is 27.3 Å². The minimum Gasteiger partial charge on any atom is -0.264 e. The van der Waals surface area contributed by atoms with Crippen molar-refractivity contribution in [2.45, 2.75) is 11.9 Å². The highest BCUT2D eigenvalue weighted by Gasteiger charge is 2.34. The van der Waals surface area contributed by atoms with Gasteiger partial charge in [0.2, 0.25) is 0 Å². The first-order valence-corrected chi connectivity index (χ1v) is 5.58. The summed E-state index contributed by atoms with van der Waals surface area (Å²) in [5.74, 6) is -0.746. The van der Waals surface area contributed by atoms with Crippen LogP contribution in [0.2, 0.25) is 0 Å². The molecule has 1 radical (unpaired) electrons. The molecule has 0 aliphatic rings. The van der Waals surface area contributed by atoms with E-state index in [4.69, 9.17) is 0 Å². The number of aromatic nitrogens is 1. The summed E-state index contributed by atoms with van der Waals surface area (Å²) in [6.07, 6.45) is -0.125. The van der Waals surface area contributed by atoms with Crippen LogP contribution in [-0.2, 0) is 21.8 Å². The van der Waals surface area contributed by atoms with Crippen molar-refractivity contribution in [3.63, 3.8) is 0 Å². The molecule has 0 aliphatic heterocycles. The molecule has 0 fully saturated rings. The van der Waals surface area contributed by atoms with E-state index in [1.807, 2.05) is 0 Å². The van der Waals surface area contributed by atoms with Gasteiger partial charge >= 0.3 is 6.18 Å². The van der Waals surface area contributed by atoms with Gasteiger partial charge in [-0.25, -0.2) is 8.42 Å². The average Bonchev–Trinajstić information content (AvgIpc) is 1.99. The summed E-state index contributed by atoms with van der Waals surface area (Å²) in [5.41, 5.74) is -1.38. The lowest BCUT2D eigenvalue weighted by atomic mass is 10.1. The largest absolute Gasteiger partial charge is 0.418 e. The normalized spacial score (nSPS) is 12.8. The first-order chi connectivity index (χ1) is 6.70. The minimum atomic E-state index is -4.60. The molecule has 15 heavy (non-hydrogen) atoms. The molecular formula is C8H7F3NO2S. The zero-order chi connectivity index (χ0) is 11.7. The molecule has 1 aromatic rings. The molecule has 1 aromatic heterocycles. The predicted octanol–water partition coefficient (Wildman–Crippen LogP) is 1.81. The number of sulfone groups is 1. The maximum absolute atomic E-state index is 12.4. The standard InChI is InChI=1S/C8H7F3NO2S/c1-15(13,14)5-6-2-3-12-4-7(6)8(9,10)11/h2-4H,1,5H2. The number of alkyl halides is 3. The molecule has 0 spiro atoms. The SMILES string of the molecule is [CH2]S(=O)(=O)Cc1ccncc1C(F)(F)F. The highest BCUT2D eigenvalue weighted by molar-refractivity contribution is 7.91. The van der Waals surface area contributed by atoms with Gasteiger partial charge in [0, 0.05) is 12.4 Å². The topological polar surface area (TPSA) is 47.0 Å². The monoisotopic (exact) mass is 238 g/mol. The van der Waals surface area contributed by atoms with Gasteiger partial charge < -0.3 is 0 Å². The zero-order valence-electron chi connectivity index (χ0n) is 7.45. The second kappa shape index (κ2) is 3.80. The molecule has 0 unspecified atom stereocenters. The molecule has 0 amide bonds. The van der Waals surface area contributed by atoms with Crippen molar-refractivity contribution >= 4 is 9.84 Å². The van der Waals surface area contributed by atoms with Crippen LogP contribution in [0.3, 0.4) is 0 Å². The first-order valence-electron chi connectivity index (χ1n) is 3.76. The molecule has 83 valence electrons. The van der Waals surface area contributed by atoms with Crippen molar-refractivity contribution in [1.29, 1.82) is 0 Å². The van der Waals surface area contributed by atoms with Crippen LogP contribution < -0.4 is 0 Å². The first kappa shape index (κ1) is 12.0. The van der Waals surface area contributed by atoms with Gasteiger partial charge in [-0.15, -0.1) is 0 Å². The molecular weight excluding hydrogens is 231 g/mol. The van der Waals surface area contributed by atoms with E-state index in [1.165, 1.54) is 0 Å². The summed E-state index contributed by atoms with van der Waals surface area (Å²) in [6.45, 7) is 0. The van der Waals surface area contributed by atoms with Crippen molar-refractivity contribution in [1.82, 2.24) is 4.98 Å². The number of hydrogen-bond acceptors (Lipinski definition) is 3. The van der Waals surface area contributed by atoms with Crippen LogP contribution >= 0.6 is 0 Å². The zero-order valence-corrected chi connectivity index (χ0v) is 8.27. The Kier molecular flexibility index (Phi) is 3.03. The van der Waals surface area contributed by atoms with Crippen LogP contribution in [0.15, 0.2) is 18.5 Å². The smallest absolute Gasteiger partial charge is 0.264 e. The maximum Gasteiger partial charge on any atom is 0.418 e. The molecule has 1 heterocycles. The van der Waals surface area contributed by atoms with Gasteiger partial charge in [0.05, 0.1) is 17.6 Å². The molecule has 0 atom stereocenters. The summed E-state index contributed by atoms with van der Waals surface area (Å²) in [4.78, 5) is 3.31. The van der Waals surface area contributed by atoms with Gasteiger partial charge in [-0.3, -0.25) is 4.98 Å². The van der Waals surface area contributed by atoms with Crippen LogP contribution in [0.25, 0.3) is 0 Å². The summed E-state index contributed by atoms with van der Waals surface area (Å²) in [6, 6.07) is 1.02. The van der Waals surface area contributed by atoms with Crippen molar-refractivity contribution < 1.29 is 21.6 Å². The molecule has 0 N–H and O–H groups in total. The Bertz CT molecular complexity index is 453. The van der Waals surface area contributed by atoms with Crippen LogP contribution in [0.5, 0.6) is 0 Å². The summed E-state index contributed by atoms with van der Waals surface area (Å²) >= 11 is 0. The van der Waals surface area contributed by atoms with E-state index in [0.717, 1.165) is 12.3 Å². The maximum atomic E-state index is 12.4. The second-order valence-corrected chi connectivity index (χ2v) is 4.69.